The summed E-state index contributed by atoms with van der Waals surface area (Å²) >= 11 is 0. The Hall–Kier alpha value is -0.0631. The molecule has 0 bridgehead atoms. The normalized spacial score (nSPS) is 14.2. The summed E-state index contributed by atoms with van der Waals surface area (Å²) in [4.78, 5) is 0. The second kappa shape index (κ2) is 12.3. The average Bonchev–Trinajstić information content (AvgIpc) is 2.55. The Bertz CT molecular complexity index is 285. The summed E-state index contributed by atoms with van der Waals surface area (Å²) in [6.07, 6.45) is 1.28. The molecule has 0 radical (unpaired) electrons. The highest BCUT2D eigenvalue weighted by atomic mass is 28.4. The average molecular weight is 354 g/mol. The third-order valence-corrected chi connectivity index (χ3v) is 6.73. The zero-order chi connectivity index (χ0) is 17.8. The van der Waals surface area contributed by atoms with Crippen LogP contribution < -0.4 is 5.73 Å². The van der Waals surface area contributed by atoms with Crippen molar-refractivity contribution in [1.82, 2.24) is 0 Å². The second-order valence-corrected chi connectivity index (χ2v) is 7.85. The van der Waals surface area contributed by atoms with Gasteiger partial charge in [-0.05, 0) is 47.1 Å². The number of hydrogen-bond donors (Lipinski definition) is 1. The van der Waals surface area contributed by atoms with Gasteiger partial charge in [0.05, 0.1) is 0 Å². The Kier molecular flexibility index (Phi) is 12.3. The van der Waals surface area contributed by atoms with Crippen LogP contribution in [0, 0.1) is 0 Å². The van der Waals surface area contributed by atoms with E-state index in [0.717, 1.165) is 12.8 Å². The summed E-state index contributed by atoms with van der Waals surface area (Å²) in [7, 11) is -0.206. The van der Waals surface area contributed by atoms with Gasteiger partial charge in [-0.25, -0.2) is 0 Å². The standard InChI is InChI=1S/C15H35NO6Si/c1-7-19-14(4)15(20-8-2,21-9-3)23(17-5,18-6)22-13-11-10-12-16/h14H,7-13,16H2,1-6H3. The lowest BCUT2D eigenvalue weighted by Gasteiger charge is -2.45. The molecule has 2 N–H and O–H groups in total. The van der Waals surface area contributed by atoms with Crippen LogP contribution in [0.5, 0.6) is 0 Å². The van der Waals surface area contributed by atoms with Gasteiger partial charge in [0, 0.05) is 40.6 Å². The fraction of sp³-hybridized carbons (Fsp3) is 1.00. The van der Waals surface area contributed by atoms with Gasteiger partial charge in [0.25, 0.3) is 5.41 Å². The van der Waals surface area contributed by atoms with E-state index in [1.54, 1.807) is 14.2 Å². The van der Waals surface area contributed by atoms with Crippen LogP contribution in [0.15, 0.2) is 0 Å². The lowest BCUT2D eigenvalue weighted by Crippen LogP contribution is -2.72. The highest BCUT2D eigenvalue weighted by Gasteiger charge is 2.67. The maximum absolute atomic E-state index is 6.08. The molecule has 0 aliphatic carbocycles. The number of nitrogens with two attached hydrogens (primary N) is 1. The third-order valence-electron chi connectivity index (χ3n) is 3.52. The molecule has 0 saturated heterocycles. The Balaban J connectivity index is 5.58. The van der Waals surface area contributed by atoms with Gasteiger partial charge < -0.3 is 33.2 Å². The van der Waals surface area contributed by atoms with Crippen molar-refractivity contribution in [2.45, 2.75) is 52.1 Å². The molecule has 0 aromatic rings. The molecule has 23 heavy (non-hydrogen) atoms. The fourth-order valence-corrected chi connectivity index (χ4v) is 5.34. The lowest BCUT2D eigenvalue weighted by atomic mass is 10.3. The van der Waals surface area contributed by atoms with Crippen LogP contribution in [0.3, 0.4) is 0 Å². The molecule has 0 rings (SSSR count). The zero-order valence-corrected chi connectivity index (χ0v) is 16.6. The number of hydrogen-bond acceptors (Lipinski definition) is 7. The Morgan fingerprint density at radius 1 is 0.957 bits per heavy atom. The minimum Gasteiger partial charge on any atom is -0.374 e. The van der Waals surface area contributed by atoms with Gasteiger partial charge in [0.15, 0.2) is 0 Å². The first kappa shape index (κ1) is 22.9. The number of unbranched alkanes of at least 4 members (excludes halogenated alkanes) is 1. The van der Waals surface area contributed by atoms with Gasteiger partial charge in [-0.3, -0.25) is 0 Å². The lowest BCUT2D eigenvalue weighted by molar-refractivity contribution is -0.266. The van der Waals surface area contributed by atoms with E-state index in [4.69, 9.17) is 33.2 Å². The van der Waals surface area contributed by atoms with Crippen LogP contribution in [0.4, 0.5) is 0 Å². The van der Waals surface area contributed by atoms with Crippen molar-refractivity contribution in [3.05, 3.63) is 0 Å². The van der Waals surface area contributed by atoms with Crippen LogP contribution in [-0.4, -0.2) is 67.5 Å². The molecule has 0 fully saturated rings. The molecule has 0 spiro atoms. The van der Waals surface area contributed by atoms with Crippen LogP contribution in [0.2, 0.25) is 0 Å². The van der Waals surface area contributed by atoms with E-state index >= 15 is 0 Å². The van der Waals surface area contributed by atoms with E-state index in [-0.39, 0.29) is 0 Å². The summed E-state index contributed by atoms with van der Waals surface area (Å²) in [6.45, 7) is 10.0. The second-order valence-electron chi connectivity index (χ2n) is 4.94. The molecule has 1 unspecified atom stereocenters. The van der Waals surface area contributed by atoms with E-state index in [0.29, 0.717) is 33.0 Å². The first-order valence-corrected chi connectivity index (χ1v) is 10.1. The molecule has 0 amide bonds. The predicted octanol–water partition coefficient (Wildman–Crippen LogP) is 1.71. The molecule has 0 aliphatic heterocycles. The molecular formula is C15H35NO6Si. The highest BCUT2D eigenvalue weighted by Crippen LogP contribution is 2.34. The quantitative estimate of drug-likeness (QED) is 0.273. The number of ether oxygens (including phenoxy) is 3. The summed E-state index contributed by atoms with van der Waals surface area (Å²) in [6, 6.07) is 0. The molecule has 1 atom stereocenters. The van der Waals surface area contributed by atoms with Gasteiger partial charge in [-0.15, -0.1) is 0 Å². The van der Waals surface area contributed by atoms with E-state index in [2.05, 4.69) is 0 Å². The maximum atomic E-state index is 6.08. The molecule has 0 aliphatic rings. The molecule has 8 heteroatoms. The van der Waals surface area contributed by atoms with Crippen LogP contribution in [0.1, 0.15) is 40.5 Å². The van der Waals surface area contributed by atoms with Gasteiger partial charge in [0.1, 0.15) is 6.10 Å². The van der Waals surface area contributed by atoms with E-state index in [9.17, 15) is 0 Å². The fourth-order valence-electron chi connectivity index (χ4n) is 2.53. The zero-order valence-electron chi connectivity index (χ0n) is 15.6. The van der Waals surface area contributed by atoms with E-state index in [1.165, 1.54) is 0 Å². The monoisotopic (exact) mass is 353 g/mol. The van der Waals surface area contributed by atoms with E-state index in [1.807, 2.05) is 27.7 Å². The summed E-state index contributed by atoms with van der Waals surface area (Å²) in [5, 5.41) is 0. The number of rotatable bonds is 15. The molecular weight excluding hydrogens is 318 g/mol. The highest BCUT2D eigenvalue weighted by molar-refractivity contribution is 6.63. The van der Waals surface area contributed by atoms with Crippen LogP contribution in [-0.2, 0) is 27.5 Å². The SMILES string of the molecule is CCOC(C)C(OCC)(OCC)[Si](OC)(OC)OCCCCN. The van der Waals surface area contributed by atoms with Gasteiger partial charge >= 0.3 is 8.80 Å². The molecule has 0 aromatic carbocycles. The van der Waals surface area contributed by atoms with Crippen molar-refractivity contribution in [1.29, 1.82) is 0 Å². The van der Waals surface area contributed by atoms with Gasteiger partial charge in [-0.1, -0.05) is 0 Å². The van der Waals surface area contributed by atoms with Crippen molar-refractivity contribution < 1.29 is 27.5 Å². The maximum Gasteiger partial charge on any atom is 0.566 e. The summed E-state index contributed by atoms with van der Waals surface area (Å²) < 4.78 is 35.3. The minimum absolute atomic E-state index is 0.409. The molecule has 0 saturated carbocycles. The molecule has 0 aromatic heterocycles. The van der Waals surface area contributed by atoms with Crippen molar-refractivity contribution in [3.8, 4) is 0 Å². The van der Waals surface area contributed by atoms with Gasteiger partial charge in [-0.2, -0.15) is 0 Å². The van der Waals surface area contributed by atoms with Crippen molar-refractivity contribution in [3.63, 3.8) is 0 Å². The van der Waals surface area contributed by atoms with Crippen LogP contribution in [0.25, 0.3) is 0 Å². The van der Waals surface area contributed by atoms with Gasteiger partial charge in [0.2, 0.25) is 0 Å². The first-order chi connectivity index (χ1) is 11.0. The smallest absolute Gasteiger partial charge is 0.374 e. The Morgan fingerprint density at radius 2 is 1.52 bits per heavy atom. The summed E-state index contributed by atoms with van der Waals surface area (Å²) in [5.74, 6) is 0. The van der Waals surface area contributed by atoms with E-state index < -0.39 is 20.3 Å². The minimum atomic E-state index is -3.33. The van der Waals surface area contributed by atoms with Crippen molar-refractivity contribution in [2.75, 3.05) is 47.2 Å². The van der Waals surface area contributed by atoms with Crippen LogP contribution >= 0.6 is 0 Å². The first-order valence-electron chi connectivity index (χ1n) is 8.37. The van der Waals surface area contributed by atoms with Crippen molar-refractivity contribution >= 4 is 8.80 Å². The molecule has 0 heterocycles. The topological polar surface area (TPSA) is 81.4 Å². The predicted molar refractivity (Wildman–Crippen MR) is 91.1 cm³/mol. The Labute approximate surface area is 142 Å². The molecule has 7 nitrogen and oxygen atoms in total. The molecule has 140 valence electrons. The summed E-state index contributed by atoms with van der Waals surface area (Å²) in [5.41, 5.74) is 4.33. The van der Waals surface area contributed by atoms with Crippen molar-refractivity contribution in [2.24, 2.45) is 5.73 Å². The third kappa shape index (κ3) is 5.75. The Morgan fingerprint density at radius 3 is 1.91 bits per heavy atom. The largest absolute Gasteiger partial charge is 0.566 e.